The smallest absolute Gasteiger partial charge is 0.0414 e. The minimum atomic E-state index is 0.145. The van der Waals surface area contributed by atoms with E-state index in [0.29, 0.717) is 5.92 Å². The summed E-state index contributed by atoms with van der Waals surface area (Å²) >= 11 is 0. The highest BCUT2D eigenvalue weighted by Crippen LogP contribution is 2.28. The summed E-state index contributed by atoms with van der Waals surface area (Å²) < 4.78 is 0. The van der Waals surface area contributed by atoms with Crippen LogP contribution >= 0.6 is 0 Å². The summed E-state index contributed by atoms with van der Waals surface area (Å²) in [6, 6.07) is 8.68. The third kappa shape index (κ3) is 3.74. The van der Waals surface area contributed by atoms with Gasteiger partial charge in [-0.1, -0.05) is 32.0 Å². The molecule has 0 aromatic heterocycles. The molecule has 1 atom stereocenters. The van der Waals surface area contributed by atoms with Gasteiger partial charge in [-0.3, -0.25) is 0 Å². The van der Waals surface area contributed by atoms with Crippen LogP contribution in [0.5, 0.6) is 0 Å². The Morgan fingerprint density at radius 2 is 1.71 bits per heavy atom. The van der Waals surface area contributed by atoms with Crippen molar-refractivity contribution in [2.75, 3.05) is 18.0 Å². The lowest BCUT2D eigenvalue weighted by Gasteiger charge is -2.27. The average molecular weight is 234 g/mol. The molecule has 1 aromatic rings. The molecule has 0 saturated heterocycles. The highest BCUT2D eigenvalue weighted by atomic mass is 15.1. The summed E-state index contributed by atoms with van der Waals surface area (Å²) in [5.41, 5.74) is 8.90. The molecule has 0 radical (unpaired) electrons. The Hall–Kier alpha value is -1.02. The number of anilines is 1. The highest BCUT2D eigenvalue weighted by Gasteiger charge is 2.14. The maximum atomic E-state index is 6.32. The van der Waals surface area contributed by atoms with Crippen molar-refractivity contribution in [2.45, 2.75) is 40.2 Å². The Bertz CT molecular complexity index is 329. The van der Waals surface area contributed by atoms with Gasteiger partial charge in [0.25, 0.3) is 0 Å². The maximum absolute atomic E-state index is 6.32. The van der Waals surface area contributed by atoms with Gasteiger partial charge in [0, 0.05) is 24.8 Å². The highest BCUT2D eigenvalue weighted by molar-refractivity contribution is 5.54. The Morgan fingerprint density at radius 1 is 1.12 bits per heavy atom. The number of hydrogen-bond donors (Lipinski definition) is 1. The average Bonchev–Trinajstić information content (AvgIpc) is 2.30. The minimum absolute atomic E-state index is 0.145. The Kier molecular flexibility index (Phi) is 5.49. The summed E-state index contributed by atoms with van der Waals surface area (Å²) in [4.78, 5) is 2.37. The first-order valence-corrected chi connectivity index (χ1v) is 6.69. The molecule has 0 aliphatic heterocycles. The van der Waals surface area contributed by atoms with Crippen LogP contribution in [-0.2, 0) is 0 Å². The standard InChI is InChI=1S/C15H26N2/c1-5-17(6-2)15-10-8-7-9-13(15)14(16)11-12(3)4/h7-10,12,14H,5-6,11,16H2,1-4H3. The van der Waals surface area contributed by atoms with Crippen LogP contribution in [0.2, 0.25) is 0 Å². The number of nitrogens with zero attached hydrogens (tertiary/aromatic N) is 1. The second-order valence-corrected chi connectivity index (χ2v) is 4.97. The van der Waals surface area contributed by atoms with Crippen LogP contribution in [-0.4, -0.2) is 13.1 Å². The van der Waals surface area contributed by atoms with Crippen molar-refractivity contribution in [3.63, 3.8) is 0 Å². The molecule has 0 aliphatic rings. The van der Waals surface area contributed by atoms with Gasteiger partial charge in [-0.25, -0.2) is 0 Å². The van der Waals surface area contributed by atoms with Crippen LogP contribution in [0.3, 0.4) is 0 Å². The topological polar surface area (TPSA) is 29.3 Å². The predicted molar refractivity (Wildman–Crippen MR) is 76.4 cm³/mol. The second kappa shape index (κ2) is 6.65. The fourth-order valence-corrected chi connectivity index (χ4v) is 2.29. The molecule has 17 heavy (non-hydrogen) atoms. The zero-order chi connectivity index (χ0) is 12.8. The third-order valence-electron chi connectivity index (χ3n) is 3.17. The summed E-state index contributed by atoms with van der Waals surface area (Å²) in [7, 11) is 0. The van der Waals surface area contributed by atoms with Gasteiger partial charge in [0.2, 0.25) is 0 Å². The van der Waals surface area contributed by atoms with Crippen LogP contribution in [0.25, 0.3) is 0 Å². The van der Waals surface area contributed by atoms with E-state index < -0.39 is 0 Å². The fraction of sp³-hybridized carbons (Fsp3) is 0.600. The Balaban J connectivity index is 2.98. The molecule has 0 saturated carbocycles. The summed E-state index contributed by atoms with van der Waals surface area (Å²) in [5.74, 6) is 0.634. The molecule has 2 nitrogen and oxygen atoms in total. The Morgan fingerprint density at radius 3 is 2.24 bits per heavy atom. The van der Waals surface area contributed by atoms with E-state index in [0.717, 1.165) is 19.5 Å². The van der Waals surface area contributed by atoms with E-state index in [9.17, 15) is 0 Å². The third-order valence-corrected chi connectivity index (χ3v) is 3.17. The molecule has 96 valence electrons. The van der Waals surface area contributed by atoms with E-state index in [1.165, 1.54) is 11.3 Å². The lowest BCUT2D eigenvalue weighted by atomic mass is 9.96. The minimum Gasteiger partial charge on any atom is -0.372 e. The van der Waals surface area contributed by atoms with E-state index in [1.807, 2.05) is 0 Å². The number of hydrogen-bond acceptors (Lipinski definition) is 2. The number of nitrogens with two attached hydrogens (primary N) is 1. The molecule has 0 spiro atoms. The van der Waals surface area contributed by atoms with Gasteiger partial charge < -0.3 is 10.6 Å². The van der Waals surface area contributed by atoms with Crippen molar-refractivity contribution in [2.24, 2.45) is 11.7 Å². The van der Waals surface area contributed by atoms with Crippen molar-refractivity contribution in [3.05, 3.63) is 29.8 Å². The molecular weight excluding hydrogens is 208 g/mol. The summed E-state index contributed by atoms with van der Waals surface area (Å²) in [5, 5.41) is 0. The first-order chi connectivity index (χ1) is 8.10. The Labute approximate surface area is 106 Å². The molecule has 2 N–H and O–H groups in total. The molecule has 0 bridgehead atoms. The van der Waals surface area contributed by atoms with Crippen molar-refractivity contribution in [1.29, 1.82) is 0 Å². The zero-order valence-corrected chi connectivity index (χ0v) is 11.6. The first-order valence-electron chi connectivity index (χ1n) is 6.69. The predicted octanol–water partition coefficient (Wildman–Crippen LogP) is 3.58. The maximum Gasteiger partial charge on any atom is 0.0414 e. The summed E-state index contributed by atoms with van der Waals surface area (Å²) in [6.07, 6.45) is 1.04. The van der Waals surface area contributed by atoms with E-state index in [-0.39, 0.29) is 6.04 Å². The zero-order valence-electron chi connectivity index (χ0n) is 11.6. The van der Waals surface area contributed by atoms with Gasteiger partial charge >= 0.3 is 0 Å². The second-order valence-electron chi connectivity index (χ2n) is 4.97. The van der Waals surface area contributed by atoms with Crippen LogP contribution in [0.1, 0.15) is 45.7 Å². The van der Waals surface area contributed by atoms with Crippen LogP contribution < -0.4 is 10.6 Å². The van der Waals surface area contributed by atoms with Crippen molar-refractivity contribution in [3.8, 4) is 0 Å². The molecule has 0 heterocycles. The van der Waals surface area contributed by atoms with Gasteiger partial charge in [0.15, 0.2) is 0 Å². The molecule has 2 heteroatoms. The molecule has 1 rings (SSSR count). The van der Waals surface area contributed by atoms with E-state index in [1.54, 1.807) is 0 Å². The van der Waals surface area contributed by atoms with Crippen molar-refractivity contribution >= 4 is 5.69 Å². The van der Waals surface area contributed by atoms with Crippen molar-refractivity contribution < 1.29 is 0 Å². The van der Waals surface area contributed by atoms with Gasteiger partial charge in [-0.15, -0.1) is 0 Å². The number of rotatable bonds is 6. The molecule has 1 unspecified atom stereocenters. The van der Waals surface area contributed by atoms with Crippen LogP contribution in [0, 0.1) is 5.92 Å². The molecule has 0 aliphatic carbocycles. The van der Waals surface area contributed by atoms with E-state index in [2.05, 4.69) is 56.9 Å². The normalized spacial score (nSPS) is 12.8. The summed E-state index contributed by atoms with van der Waals surface area (Å²) in [6.45, 7) is 10.9. The molecule has 0 fully saturated rings. The quantitative estimate of drug-likeness (QED) is 0.815. The monoisotopic (exact) mass is 234 g/mol. The first kappa shape index (κ1) is 14.0. The van der Waals surface area contributed by atoms with Gasteiger partial charge in [-0.05, 0) is 37.8 Å². The molecule has 0 amide bonds. The lowest BCUT2D eigenvalue weighted by molar-refractivity contribution is 0.509. The SMILES string of the molecule is CCN(CC)c1ccccc1C(N)CC(C)C. The van der Waals surface area contributed by atoms with Gasteiger partial charge in [-0.2, -0.15) is 0 Å². The molecular formula is C15H26N2. The largest absolute Gasteiger partial charge is 0.372 e. The molecule has 1 aromatic carbocycles. The van der Waals surface area contributed by atoms with Crippen LogP contribution in [0.15, 0.2) is 24.3 Å². The van der Waals surface area contributed by atoms with Gasteiger partial charge in [0.05, 0.1) is 0 Å². The van der Waals surface area contributed by atoms with Crippen LogP contribution in [0.4, 0.5) is 5.69 Å². The van der Waals surface area contributed by atoms with Gasteiger partial charge in [0.1, 0.15) is 0 Å². The number of para-hydroxylation sites is 1. The van der Waals surface area contributed by atoms with E-state index >= 15 is 0 Å². The van der Waals surface area contributed by atoms with Crippen molar-refractivity contribution in [1.82, 2.24) is 0 Å². The number of benzene rings is 1. The fourth-order valence-electron chi connectivity index (χ4n) is 2.29. The van der Waals surface area contributed by atoms with E-state index in [4.69, 9.17) is 5.73 Å². The lowest BCUT2D eigenvalue weighted by Crippen LogP contribution is -2.25.